The van der Waals surface area contributed by atoms with E-state index in [4.69, 9.17) is 5.73 Å². The van der Waals surface area contributed by atoms with Crippen LogP contribution in [0.5, 0.6) is 0 Å². The summed E-state index contributed by atoms with van der Waals surface area (Å²) in [7, 11) is 0. The van der Waals surface area contributed by atoms with Gasteiger partial charge in [-0.25, -0.2) is 14.8 Å². The molecule has 2 aromatic carbocycles. The molecule has 1 amide bonds. The molecule has 0 radical (unpaired) electrons. The third-order valence-electron chi connectivity index (χ3n) is 5.54. The molecule has 2 aromatic heterocycles. The van der Waals surface area contributed by atoms with Crippen LogP contribution in [0.2, 0.25) is 0 Å². The summed E-state index contributed by atoms with van der Waals surface area (Å²) < 4.78 is 1.28. The van der Waals surface area contributed by atoms with Gasteiger partial charge in [-0.05, 0) is 18.1 Å². The highest BCUT2D eigenvalue weighted by atomic mass is 32.2. The van der Waals surface area contributed by atoms with Gasteiger partial charge in [0.15, 0.2) is 5.69 Å². The first-order chi connectivity index (χ1) is 17.0. The summed E-state index contributed by atoms with van der Waals surface area (Å²) in [6.07, 6.45) is 2.95. The second kappa shape index (κ2) is 11.0. The lowest BCUT2D eigenvalue weighted by Gasteiger charge is -2.24. The quantitative estimate of drug-likeness (QED) is 0.273. The van der Waals surface area contributed by atoms with Crippen molar-refractivity contribution in [3.05, 3.63) is 87.3 Å². The number of anilines is 2. The third-order valence-corrected chi connectivity index (χ3v) is 6.53. The zero-order valence-electron chi connectivity index (χ0n) is 19.3. The smallest absolute Gasteiger partial charge is 0.330 e. The second-order valence-corrected chi connectivity index (χ2v) is 8.91. The van der Waals surface area contributed by atoms with Crippen molar-refractivity contribution < 1.29 is 4.79 Å². The summed E-state index contributed by atoms with van der Waals surface area (Å²) in [5.74, 6) is -0.292. The molecule has 4 aromatic rings. The molecule has 0 saturated carbocycles. The number of aromatic amines is 1. The van der Waals surface area contributed by atoms with E-state index in [2.05, 4.69) is 15.0 Å². The van der Waals surface area contributed by atoms with Gasteiger partial charge in [-0.1, -0.05) is 73.6 Å². The fraction of sp³-hybridized carbons (Fsp3) is 0.240. The predicted octanol–water partition coefficient (Wildman–Crippen LogP) is 3.04. The third kappa shape index (κ3) is 5.43. The minimum atomic E-state index is -0.682. The SMILES string of the molecule is CCCCN(C(=O)CSc1ncnc2ccccc12)c1c(N)n(Cc2ccccc2)c(=O)[nH]c1=O. The maximum absolute atomic E-state index is 13.4. The molecule has 0 aliphatic carbocycles. The van der Waals surface area contributed by atoms with Gasteiger partial charge in [-0.2, -0.15) is 0 Å². The summed E-state index contributed by atoms with van der Waals surface area (Å²) in [4.78, 5) is 51.1. The van der Waals surface area contributed by atoms with Gasteiger partial charge in [0.2, 0.25) is 5.91 Å². The molecule has 0 aliphatic heterocycles. The van der Waals surface area contributed by atoms with E-state index in [1.807, 2.05) is 61.5 Å². The zero-order valence-corrected chi connectivity index (χ0v) is 20.1. The van der Waals surface area contributed by atoms with Crippen molar-refractivity contribution in [3.8, 4) is 0 Å². The van der Waals surface area contributed by atoms with Crippen molar-refractivity contribution in [2.75, 3.05) is 22.9 Å². The number of carbonyl (C=O) groups excluding carboxylic acids is 1. The van der Waals surface area contributed by atoms with E-state index in [0.717, 1.165) is 22.9 Å². The Kier molecular flexibility index (Phi) is 7.61. The predicted molar refractivity (Wildman–Crippen MR) is 139 cm³/mol. The number of hydrogen-bond acceptors (Lipinski definition) is 7. The average molecular weight is 491 g/mol. The molecule has 180 valence electrons. The Morgan fingerprint density at radius 3 is 2.60 bits per heavy atom. The molecule has 2 heterocycles. The number of nitrogens with two attached hydrogens (primary N) is 1. The molecule has 0 unspecified atom stereocenters. The Balaban J connectivity index is 1.65. The first-order valence-corrected chi connectivity index (χ1v) is 12.3. The van der Waals surface area contributed by atoms with Crippen LogP contribution in [0, 0.1) is 0 Å². The molecular weight excluding hydrogens is 464 g/mol. The minimum absolute atomic E-state index is 0.00729. The number of fused-ring (bicyclic) bond motifs is 1. The van der Waals surface area contributed by atoms with E-state index in [-0.39, 0.29) is 29.7 Å². The number of hydrogen-bond donors (Lipinski definition) is 2. The Labute approximate surface area is 206 Å². The van der Waals surface area contributed by atoms with E-state index in [9.17, 15) is 14.4 Å². The van der Waals surface area contributed by atoms with E-state index >= 15 is 0 Å². The van der Waals surface area contributed by atoms with Crippen molar-refractivity contribution in [2.45, 2.75) is 31.3 Å². The maximum Gasteiger partial charge on any atom is 0.330 e. The van der Waals surface area contributed by atoms with Gasteiger partial charge >= 0.3 is 5.69 Å². The van der Waals surface area contributed by atoms with Gasteiger partial charge < -0.3 is 10.6 Å². The van der Waals surface area contributed by atoms with Crippen molar-refractivity contribution in [1.82, 2.24) is 19.5 Å². The molecule has 3 N–H and O–H groups in total. The number of amides is 1. The molecule has 9 nitrogen and oxygen atoms in total. The number of nitrogens with one attached hydrogen (secondary N) is 1. The van der Waals surface area contributed by atoms with Gasteiger partial charge in [0.05, 0.1) is 17.8 Å². The molecule has 0 aliphatic rings. The molecule has 0 fully saturated rings. The van der Waals surface area contributed by atoms with Crippen LogP contribution in [-0.2, 0) is 11.3 Å². The molecule has 35 heavy (non-hydrogen) atoms. The van der Waals surface area contributed by atoms with E-state index in [1.54, 1.807) is 0 Å². The van der Waals surface area contributed by atoms with Gasteiger partial charge in [0.25, 0.3) is 5.56 Å². The number of benzene rings is 2. The molecular formula is C25H26N6O3S. The van der Waals surface area contributed by atoms with Gasteiger partial charge in [-0.3, -0.25) is 19.1 Å². The first-order valence-electron chi connectivity index (χ1n) is 11.3. The number of H-pyrrole nitrogens is 1. The number of rotatable bonds is 9. The Morgan fingerprint density at radius 1 is 1.09 bits per heavy atom. The molecule has 4 rings (SSSR count). The lowest BCUT2D eigenvalue weighted by atomic mass is 10.2. The number of nitrogens with zero attached hydrogens (tertiary/aromatic N) is 4. The van der Waals surface area contributed by atoms with Crippen molar-refractivity contribution >= 4 is 40.1 Å². The lowest BCUT2D eigenvalue weighted by Crippen LogP contribution is -2.42. The van der Waals surface area contributed by atoms with Crippen LogP contribution >= 0.6 is 11.8 Å². The number of carbonyl (C=O) groups is 1. The van der Waals surface area contributed by atoms with Crippen LogP contribution in [0.25, 0.3) is 10.9 Å². The fourth-order valence-electron chi connectivity index (χ4n) is 3.74. The van der Waals surface area contributed by atoms with Crippen LogP contribution in [-0.4, -0.2) is 37.7 Å². The normalized spacial score (nSPS) is 11.0. The Hall–Kier alpha value is -3.92. The molecule has 0 atom stereocenters. The number of nitrogen functional groups attached to an aromatic ring is 1. The van der Waals surface area contributed by atoms with Crippen LogP contribution in [0.3, 0.4) is 0 Å². The number of thioether (sulfide) groups is 1. The maximum atomic E-state index is 13.4. The van der Waals surface area contributed by atoms with Crippen molar-refractivity contribution in [1.29, 1.82) is 0 Å². The van der Waals surface area contributed by atoms with Gasteiger partial charge in [-0.15, -0.1) is 0 Å². The average Bonchev–Trinajstić information content (AvgIpc) is 2.87. The van der Waals surface area contributed by atoms with Crippen molar-refractivity contribution in [3.63, 3.8) is 0 Å². The molecule has 0 spiro atoms. The number of unbranched alkanes of at least 4 members (excludes halogenated alkanes) is 1. The lowest BCUT2D eigenvalue weighted by molar-refractivity contribution is -0.116. The highest BCUT2D eigenvalue weighted by Crippen LogP contribution is 2.26. The van der Waals surface area contributed by atoms with Crippen LogP contribution in [0.15, 0.2) is 75.5 Å². The summed E-state index contributed by atoms with van der Waals surface area (Å²) in [5.41, 5.74) is 6.67. The van der Waals surface area contributed by atoms with Crippen molar-refractivity contribution in [2.24, 2.45) is 0 Å². The topological polar surface area (TPSA) is 127 Å². The van der Waals surface area contributed by atoms with Crippen LogP contribution in [0.4, 0.5) is 11.5 Å². The summed E-state index contributed by atoms with van der Waals surface area (Å²) >= 11 is 1.27. The molecule has 10 heteroatoms. The standard InChI is InChI=1S/C25H26N6O3S/c1-2-3-13-30(20(32)15-35-24-18-11-7-8-12-19(18)27-16-28-24)21-22(26)31(25(34)29-23(21)33)14-17-9-5-4-6-10-17/h4-12,16H,2-3,13-15,26H2,1H3,(H,29,33,34). The molecule has 0 saturated heterocycles. The Morgan fingerprint density at radius 2 is 1.83 bits per heavy atom. The zero-order chi connectivity index (χ0) is 24.8. The number of para-hydroxylation sites is 1. The largest absolute Gasteiger partial charge is 0.383 e. The van der Waals surface area contributed by atoms with E-state index < -0.39 is 11.2 Å². The second-order valence-electron chi connectivity index (χ2n) is 7.95. The highest BCUT2D eigenvalue weighted by molar-refractivity contribution is 8.00. The summed E-state index contributed by atoms with van der Waals surface area (Å²) in [6, 6.07) is 16.9. The monoisotopic (exact) mass is 490 g/mol. The van der Waals surface area contributed by atoms with Gasteiger partial charge in [0.1, 0.15) is 17.2 Å². The number of aromatic nitrogens is 4. The summed E-state index contributed by atoms with van der Waals surface area (Å²) in [6.45, 7) is 2.47. The van der Waals surface area contributed by atoms with Crippen LogP contribution in [0.1, 0.15) is 25.3 Å². The van der Waals surface area contributed by atoms with Gasteiger partial charge in [0, 0.05) is 11.9 Å². The highest BCUT2D eigenvalue weighted by Gasteiger charge is 2.24. The molecule has 0 bridgehead atoms. The first kappa shape index (κ1) is 24.2. The van der Waals surface area contributed by atoms with Crippen LogP contribution < -0.4 is 21.9 Å². The fourth-order valence-corrected chi connectivity index (χ4v) is 4.61. The summed E-state index contributed by atoms with van der Waals surface area (Å²) in [5, 5.41) is 1.53. The minimum Gasteiger partial charge on any atom is -0.383 e. The Bertz CT molecular complexity index is 1450. The van der Waals surface area contributed by atoms with E-state index in [0.29, 0.717) is 18.0 Å². The van der Waals surface area contributed by atoms with E-state index in [1.165, 1.54) is 27.6 Å².